The summed E-state index contributed by atoms with van der Waals surface area (Å²) in [7, 11) is 0. The van der Waals surface area contributed by atoms with Crippen molar-refractivity contribution in [3.8, 4) is 0 Å². The Labute approximate surface area is 126 Å². The largest absolute Gasteiger partial charge is 0.376 e. The maximum absolute atomic E-state index is 12.8. The molecule has 3 atom stereocenters. The van der Waals surface area contributed by atoms with Crippen molar-refractivity contribution >= 4 is 5.91 Å². The van der Waals surface area contributed by atoms with Crippen LogP contribution < -0.4 is 5.32 Å². The molecule has 21 heavy (non-hydrogen) atoms. The van der Waals surface area contributed by atoms with E-state index in [-0.39, 0.29) is 24.2 Å². The summed E-state index contributed by atoms with van der Waals surface area (Å²) in [6.45, 7) is 3.72. The van der Waals surface area contributed by atoms with E-state index in [4.69, 9.17) is 4.74 Å². The van der Waals surface area contributed by atoms with E-state index in [1.54, 1.807) is 0 Å². The summed E-state index contributed by atoms with van der Waals surface area (Å²) in [4.78, 5) is 14.8. The predicted octanol–water partition coefficient (Wildman–Crippen LogP) is 2.46. The Morgan fingerprint density at radius 1 is 1.33 bits per heavy atom. The van der Waals surface area contributed by atoms with Crippen LogP contribution in [0.4, 0.5) is 0 Å². The van der Waals surface area contributed by atoms with Crippen LogP contribution in [0.5, 0.6) is 0 Å². The lowest BCUT2D eigenvalue weighted by atomic mass is 10.1. The Balaban J connectivity index is 1.75. The molecule has 0 aliphatic carbocycles. The summed E-state index contributed by atoms with van der Waals surface area (Å²) in [5, 5.41) is 3.50. The fourth-order valence-corrected chi connectivity index (χ4v) is 3.29. The lowest BCUT2D eigenvalue weighted by Crippen LogP contribution is -2.41. The predicted molar refractivity (Wildman–Crippen MR) is 81.7 cm³/mol. The molecule has 2 heterocycles. The molecule has 4 heteroatoms. The van der Waals surface area contributed by atoms with E-state index in [1.165, 1.54) is 0 Å². The van der Waals surface area contributed by atoms with Crippen LogP contribution in [-0.2, 0) is 9.53 Å². The van der Waals surface area contributed by atoms with Crippen molar-refractivity contribution in [1.29, 1.82) is 0 Å². The van der Waals surface area contributed by atoms with Gasteiger partial charge in [0.05, 0.1) is 12.3 Å². The van der Waals surface area contributed by atoms with Crippen LogP contribution in [0.15, 0.2) is 30.3 Å². The molecule has 114 valence electrons. The number of hydrogen-bond donors (Lipinski definition) is 1. The van der Waals surface area contributed by atoms with Gasteiger partial charge in [-0.15, -0.1) is 0 Å². The standard InChI is InChI=1S/C17H24N2O2/c1-2-7-15-18-16(13-8-4-3-5-9-13)17(20)19(15)12-14-10-6-11-21-14/h3-5,8-9,14-16,18H,2,6-7,10-12H2,1H3. The van der Waals surface area contributed by atoms with E-state index in [1.807, 2.05) is 35.2 Å². The Bertz CT molecular complexity index is 471. The number of carbonyl (C=O) groups excluding carboxylic acids is 1. The van der Waals surface area contributed by atoms with E-state index >= 15 is 0 Å². The fraction of sp³-hybridized carbons (Fsp3) is 0.588. The van der Waals surface area contributed by atoms with Crippen molar-refractivity contribution in [2.24, 2.45) is 0 Å². The number of ether oxygens (including phenoxy) is 1. The first-order chi connectivity index (χ1) is 10.3. The summed E-state index contributed by atoms with van der Waals surface area (Å²) in [6, 6.07) is 9.80. The second-order valence-corrected chi connectivity index (χ2v) is 5.94. The maximum atomic E-state index is 12.8. The molecule has 0 radical (unpaired) electrons. The molecule has 3 unspecified atom stereocenters. The monoisotopic (exact) mass is 288 g/mol. The van der Waals surface area contributed by atoms with Gasteiger partial charge in [-0.3, -0.25) is 10.1 Å². The highest BCUT2D eigenvalue weighted by molar-refractivity contribution is 5.85. The van der Waals surface area contributed by atoms with Crippen molar-refractivity contribution in [1.82, 2.24) is 10.2 Å². The number of nitrogens with one attached hydrogen (secondary N) is 1. The van der Waals surface area contributed by atoms with Gasteiger partial charge in [0.25, 0.3) is 0 Å². The molecule has 1 aromatic rings. The van der Waals surface area contributed by atoms with Crippen LogP contribution in [-0.4, -0.2) is 36.2 Å². The number of rotatable bonds is 5. The molecule has 1 aromatic carbocycles. The molecule has 2 aliphatic rings. The van der Waals surface area contributed by atoms with Gasteiger partial charge >= 0.3 is 0 Å². The van der Waals surface area contributed by atoms with Crippen LogP contribution in [0.25, 0.3) is 0 Å². The number of hydrogen-bond acceptors (Lipinski definition) is 3. The van der Waals surface area contributed by atoms with Crippen molar-refractivity contribution < 1.29 is 9.53 Å². The van der Waals surface area contributed by atoms with E-state index < -0.39 is 0 Å². The van der Waals surface area contributed by atoms with Gasteiger partial charge < -0.3 is 9.64 Å². The molecular formula is C17H24N2O2. The van der Waals surface area contributed by atoms with E-state index in [9.17, 15) is 4.79 Å². The molecule has 4 nitrogen and oxygen atoms in total. The van der Waals surface area contributed by atoms with E-state index in [0.717, 1.165) is 44.4 Å². The molecule has 2 saturated heterocycles. The highest BCUT2D eigenvalue weighted by Crippen LogP contribution is 2.27. The zero-order chi connectivity index (χ0) is 14.7. The molecule has 2 fully saturated rings. The van der Waals surface area contributed by atoms with Crippen LogP contribution in [0.3, 0.4) is 0 Å². The summed E-state index contributed by atoms with van der Waals surface area (Å²) < 4.78 is 5.71. The molecule has 1 amide bonds. The van der Waals surface area contributed by atoms with Gasteiger partial charge in [0.2, 0.25) is 5.91 Å². The Kier molecular flexibility index (Phi) is 4.56. The molecule has 0 aromatic heterocycles. The number of amides is 1. The first-order valence-corrected chi connectivity index (χ1v) is 8.02. The lowest BCUT2D eigenvalue weighted by Gasteiger charge is -2.26. The Hall–Kier alpha value is -1.39. The molecule has 0 spiro atoms. The quantitative estimate of drug-likeness (QED) is 0.905. The molecule has 0 saturated carbocycles. The fourth-order valence-electron chi connectivity index (χ4n) is 3.29. The van der Waals surface area contributed by atoms with E-state index in [0.29, 0.717) is 0 Å². The summed E-state index contributed by atoms with van der Waals surface area (Å²) in [5.41, 5.74) is 1.05. The smallest absolute Gasteiger partial charge is 0.245 e. The third-order valence-corrected chi connectivity index (χ3v) is 4.38. The Morgan fingerprint density at radius 2 is 2.14 bits per heavy atom. The van der Waals surface area contributed by atoms with E-state index in [2.05, 4.69) is 12.2 Å². The number of nitrogens with zero attached hydrogens (tertiary/aromatic N) is 1. The van der Waals surface area contributed by atoms with Crippen LogP contribution >= 0.6 is 0 Å². The third-order valence-electron chi connectivity index (χ3n) is 4.38. The van der Waals surface area contributed by atoms with Crippen LogP contribution in [0, 0.1) is 0 Å². The van der Waals surface area contributed by atoms with Crippen molar-refractivity contribution in [2.75, 3.05) is 13.2 Å². The SMILES string of the molecule is CCCC1NC(c2ccccc2)C(=O)N1CC1CCCO1. The third kappa shape index (κ3) is 3.11. The highest BCUT2D eigenvalue weighted by Gasteiger charge is 2.40. The zero-order valence-corrected chi connectivity index (χ0v) is 12.6. The average Bonchev–Trinajstić information content (AvgIpc) is 3.12. The maximum Gasteiger partial charge on any atom is 0.245 e. The van der Waals surface area contributed by atoms with Crippen molar-refractivity contribution in [3.63, 3.8) is 0 Å². The summed E-state index contributed by atoms with van der Waals surface area (Å²) >= 11 is 0. The minimum absolute atomic E-state index is 0.136. The molecule has 1 N–H and O–H groups in total. The molecular weight excluding hydrogens is 264 g/mol. The zero-order valence-electron chi connectivity index (χ0n) is 12.6. The average molecular weight is 288 g/mol. The minimum Gasteiger partial charge on any atom is -0.376 e. The highest BCUT2D eigenvalue weighted by atomic mass is 16.5. The van der Waals surface area contributed by atoms with Gasteiger partial charge in [0.1, 0.15) is 6.04 Å². The lowest BCUT2D eigenvalue weighted by molar-refractivity contribution is -0.131. The molecule has 2 aliphatic heterocycles. The number of carbonyl (C=O) groups is 1. The first kappa shape index (κ1) is 14.5. The van der Waals surface area contributed by atoms with Gasteiger partial charge in [0.15, 0.2) is 0 Å². The topological polar surface area (TPSA) is 41.6 Å². The van der Waals surface area contributed by atoms with Crippen LogP contribution in [0.2, 0.25) is 0 Å². The molecule has 3 rings (SSSR count). The van der Waals surface area contributed by atoms with Gasteiger partial charge in [-0.2, -0.15) is 0 Å². The second kappa shape index (κ2) is 6.58. The van der Waals surface area contributed by atoms with Gasteiger partial charge in [0, 0.05) is 13.2 Å². The Morgan fingerprint density at radius 3 is 2.81 bits per heavy atom. The summed E-state index contributed by atoms with van der Waals surface area (Å²) in [6.07, 6.45) is 4.58. The summed E-state index contributed by atoms with van der Waals surface area (Å²) in [5.74, 6) is 0.190. The van der Waals surface area contributed by atoms with Gasteiger partial charge in [-0.05, 0) is 24.8 Å². The van der Waals surface area contributed by atoms with Gasteiger partial charge in [-0.1, -0.05) is 43.7 Å². The number of benzene rings is 1. The van der Waals surface area contributed by atoms with Crippen molar-refractivity contribution in [2.45, 2.75) is 50.9 Å². The first-order valence-electron chi connectivity index (χ1n) is 8.02. The van der Waals surface area contributed by atoms with Gasteiger partial charge in [-0.25, -0.2) is 0 Å². The second-order valence-electron chi connectivity index (χ2n) is 5.94. The molecule has 0 bridgehead atoms. The normalized spacial score (nSPS) is 29.3. The van der Waals surface area contributed by atoms with Crippen molar-refractivity contribution in [3.05, 3.63) is 35.9 Å². The van der Waals surface area contributed by atoms with Crippen LogP contribution in [0.1, 0.15) is 44.2 Å². The minimum atomic E-state index is -0.204.